The minimum atomic E-state index is 0.896. The molecule has 1 aromatic carbocycles. The Kier molecular flexibility index (Phi) is 1.63. The largest absolute Gasteiger partial charge is 0.248 e. The van der Waals surface area contributed by atoms with Gasteiger partial charge in [-0.3, -0.25) is 0 Å². The molecule has 2 aromatic rings. The molecule has 66 valence electrons. The van der Waals surface area contributed by atoms with E-state index in [9.17, 15) is 0 Å². The van der Waals surface area contributed by atoms with Crippen LogP contribution < -0.4 is 0 Å². The normalized spacial score (nSPS) is 14.3. The Morgan fingerprint density at radius 2 is 2.14 bits per heavy atom. The second kappa shape index (κ2) is 2.95. The van der Waals surface area contributed by atoms with Gasteiger partial charge in [-0.05, 0) is 30.2 Å². The minimum absolute atomic E-state index is 0.896. The topological polar surface area (TPSA) is 12.9 Å². The third-order valence-corrected chi connectivity index (χ3v) is 2.44. The molecule has 1 aliphatic rings. The fourth-order valence-electron chi connectivity index (χ4n) is 1.74. The SMILES string of the molecule is [C]1CC=Cc2nc3ccccc3cc21. The second-order valence-electron chi connectivity index (χ2n) is 3.40. The minimum Gasteiger partial charge on any atom is -0.248 e. The summed E-state index contributed by atoms with van der Waals surface area (Å²) >= 11 is 0. The molecule has 0 spiro atoms. The van der Waals surface area contributed by atoms with E-state index in [-0.39, 0.29) is 0 Å². The van der Waals surface area contributed by atoms with Gasteiger partial charge >= 0.3 is 0 Å². The lowest BCUT2D eigenvalue weighted by Crippen LogP contribution is -1.95. The second-order valence-corrected chi connectivity index (χ2v) is 3.40. The van der Waals surface area contributed by atoms with Crippen LogP contribution in [0.3, 0.4) is 0 Å². The van der Waals surface area contributed by atoms with Gasteiger partial charge in [-0.2, -0.15) is 0 Å². The molecular formula is C13H9N. The van der Waals surface area contributed by atoms with Crippen molar-refractivity contribution in [3.05, 3.63) is 54.1 Å². The molecule has 1 nitrogen and oxygen atoms in total. The van der Waals surface area contributed by atoms with Crippen LogP contribution in [0.2, 0.25) is 0 Å². The van der Waals surface area contributed by atoms with Gasteiger partial charge in [0, 0.05) is 11.8 Å². The maximum Gasteiger partial charge on any atom is 0.0709 e. The molecular weight excluding hydrogens is 170 g/mol. The fourth-order valence-corrected chi connectivity index (χ4v) is 1.74. The van der Waals surface area contributed by atoms with Gasteiger partial charge in [0.05, 0.1) is 11.2 Å². The highest BCUT2D eigenvalue weighted by atomic mass is 14.7. The highest BCUT2D eigenvalue weighted by molar-refractivity contribution is 5.81. The number of rotatable bonds is 0. The number of pyridine rings is 1. The van der Waals surface area contributed by atoms with Gasteiger partial charge in [0.1, 0.15) is 0 Å². The summed E-state index contributed by atoms with van der Waals surface area (Å²) in [4.78, 5) is 4.57. The molecule has 1 aliphatic carbocycles. The van der Waals surface area contributed by atoms with Crippen molar-refractivity contribution in [1.82, 2.24) is 4.98 Å². The molecule has 0 saturated heterocycles. The predicted molar refractivity (Wildman–Crippen MR) is 57.7 cm³/mol. The van der Waals surface area contributed by atoms with Gasteiger partial charge in [-0.1, -0.05) is 24.3 Å². The van der Waals surface area contributed by atoms with Crippen molar-refractivity contribution in [3.63, 3.8) is 0 Å². The molecule has 0 atom stereocenters. The van der Waals surface area contributed by atoms with Gasteiger partial charge < -0.3 is 0 Å². The van der Waals surface area contributed by atoms with Gasteiger partial charge in [0.25, 0.3) is 0 Å². The molecule has 1 heterocycles. The molecule has 14 heavy (non-hydrogen) atoms. The van der Waals surface area contributed by atoms with Crippen molar-refractivity contribution in [2.45, 2.75) is 6.42 Å². The summed E-state index contributed by atoms with van der Waals surface area (Å²) in [5.74, 6) is 0. The molecule has 0 unspecified atom stereocenters. The predicted octanol–water partition coefficient (Wildman–Crippen LogP) is 3.08. The first-order chi connectivity index (χ1) is 6.93. The van der Waals surface area contributed by atoms with Crippen molar-refractivity contribution in [1.29, 1.82) is 0 Å². The average molecular weight is 179 g/mol. The van der Waals surface area contributed by atoms with Crippen molar-refractivity contribution < 1.29 is 0 Å². The first-order valence-corrected chi connectivity index (χ1v) is 4.74. The number of allylic oxidation sites excluding steroid dienone is 1. The van der Waals surface area contributed by atoms with E-state index >= 15 is 0 Å². The molecule has 0 aliphatic heterocycles. The summed E-state index contributed by atoms with van der Waals surface area (Å²) in [7, 11) is 0. The summed E-state index contributed by atoms with van der Waals surface area (Å²) in [6.07, 6.45) is 8.36. The smallest absolute Gasteiger partial charge is 0.0709 e. The van der Waals surface area contributed by atoms with E-state index in [4.69, 9.17) is 0 Å². The van der Waals surface area contributed by atoms with E-state index in [2.05, 4.69) is 35.7 Å². The van der Waals surface area contributed by atoms with Crippen molar-refractivity contribution in [3.8, 4) is 0 Å². The Morgan fingerprint density at radius 3 is 3.14 bits per heavy atom. The lowest BCUT2D eigenvalue weighted by Gasteiger charge is -2.09. The van der Waals surface area contributed by atoms with Gasteiger partial charge in [-0.25, -0.2) is 4.98 Å². The van der Waals surface area contributed by atoms with Crippen LogP contribution in [0.5, 0.6) is 0 Å². The summed E-state index contributed by atoms with van der Waals surface area (Å²) in [6.45, 7) is 0. The highest BCUT2D eigenvalue weighted by Crippen LogP contribution is 2.23. The van der Waals surface area contributed by atoms with Gasteiger partial charge in [-0.15, -0.1) is 0 Å². The van der Waals surface area contributed by atoms with Crippen LogP contribution in [-0.4, -0.2) is 4.98 Å². The van der Waals surface area contributed by atoms with Crippen LogP contribution in [0.15, 0.2) is 36.4 Å². The number of benzene rings is 1. The van der Waals surface area contributed by atoms with E-state index in [0.717, 1.165) is 23.2 Å². The summed E-state index contributed by atoms with van der Waals surface area (Å²) in [5.41, 5.74) is 3.22. The first-order valence-electron chi connectivity index (χ1n) is 4.74. The maximum absolute atomic E-state index is 4.57. The van der Waals surface area contributed by atoms with Crippen molar-refractivity contribution in [2.24, 2.45) is 0 Å². The zero-order valence-corrected chi connectivity index (χ0v) is 7.70. The third kappa shape index (κ3) is 1.13. The Hall–Kier alpha value is -1.63. The molecule has 0 bridgehead atoms. The molecule has 0 saturated carbocycles. The fraction of sp³-hybridized carbons (Fsp3) is 0.0769. The molecule has 0 fully saturated rings. The Morgan fingerprint density at radius 1 is 1.21 bits per heavy atom. The van der Waals surface area contributed by atoms with Crippen LogP contribution in [0.1, 0.15) is 17.7 Å². The van der Waals surface area contributed by atoms with Gasteiger partial charge in [0.15, 0.2) is 0 Å². The third-order valence-electron chi connectivity index (χ3n) is 2.44. The van der Waals surface area contributed by atoms with E-state index < -0.39 is 0 Å². The average Bonchev–Trinajstić information content (AvgIpc) is 2.26. The maximum atomic E-state index is 4.57. The molecule has 1 aromatic heterocycles. The monoisotopic (exact) mass is 179 g/mol. The summed E-state index contributed by atoms with van der Waals surface area (Å²) in [5, 5.41) is 1.19. The first kappa shape index (κ1) is 7.74. The lowest BCUT2D eigenvalue weighted by atomic mass is 10.0. The quantitative estimate of drug-likeness (QED) is 0.605. The van der Waals surface area contributed by atoms with Crippen molar-refractivity contribution in [2.75, 3.05) is 0 Å². The molecule has 0 N–H and O–H groups in total. The number of hydrogen-bond acceptors (Lipinski definition) is 1. The van der Waals surface area contributed by atoms with Gasteiger partial charge in [0.2, 0.25) is 0 Å². The Balaban J connectivity index is 2.34. The Bertz CT molecular complexity index is 512. The van der Waals surface area contributed by atoms with Crippen LogP contribution >= 0.6 is 0 Å². The standard InChI is InChI=1S/C13H9N/c1-3-7-12-10(5-1)9-11-6-2-4-8-13(11)14-12/h1,3-5,7-9H,2H2. The molecule has 3 rings (SSSR count). The van der Waals surface area contributed by atoms with Crippen molar-refractivity contribution >= 4 is 17.0 Å². The summed E-state index contributed by atoms with van der Waals surface area (Å²) in [6, 6.07) is 10.3. The van der Waals surface area contributed by atoms with E-state index in [0.29, 0.717) is 0 Å². The lowest BCUT2D eigenvalue weighted by molar-refractivity contribution is 1.18. The number of hydrogen-bond donors (Lipinski definition) is 0. The molecule has 2 radical (unpaired) electrons. The van der Waals surface area contributed by atoms with E-state index in [1.54, 1.807) is 0 Å². The number of para-hydroxylation sites is 1. The zero-order chi connectivity index (χ0) is 9.38. The van der Waals surface area contributed by atoms with E-state index in [1.165, 1.54) is 5.39 Å². The zero-order valence-electron chi connectivity index (χ0n) is 7.70. The molecule has 1 heteroatoms. The van der Waals surface area contributed by atoms with Crippen LogP contribution in [0.25, 0.3) is 17.0 Å². The van der Waals surface area contributed by atoms with Crippen LogP contribution in [0, 0.1) is 6.42 Å². The van der Waals surface area contributed by atoms with E-state index in [1.807, 2.05) is 18.2 Å². The highest BCUT2D eigenvalue weighted by Gasteiger charge is 2.07. The Labute approximate surface area is 83.1 Å². The summed E-state index contributed by atoms with van der Waals surface area (Å²) < 4.78 is 0. The number of aromatic nitrogens is 1. The van der Waals surface area contributed by atoms with Crippen LogP contribution in [0.4, 0.5) is 0 Å². The van der Waals surface area contributed by atoms with Crippen LogP contribution in [-0.2, 0) is 0 Å². The number of nitrogens with zero attached hydrogens (tertiary/aromatic N) is 1. The number of fused-ring (bicyclic) bond motifs is 2. The molecule has 0 amide bonds.